The minimum Gasteiger partial charge on any atom is -0.491 e. The van der Waals surface area contributed by atoms with Crippen LogP contribution in [0.1, 0.15) is 34.1 Å². The van der Waals surface area contributed by atoms with Crippen LogP contribution in [0.4, 0.5) is 10.5 Å². The molecule has 0 radical (unpaired) electrons. The number of carbonyl (C=O) groups is 2. The van der Waals surface area contributed by atoms with Gasteiger partial charge in [0.05, 0.1) is 12.5 Å². The summed E-state index contributed by atoms with van der Waals surface area (Å²) < 4.78 is 5.50. The molecule has 0 fully saturated rings. The number of anilines is 1. The molecule has 116 valence electrons. The number of urea groups is 1. The first-order valence-electron chi connectivity index (χ1n) is 6.75. The molecule has 2 amide bonds. The molecular formula is C15H22N2O4. The fourth-order valence-corrected chi connectivity index (χ4v) is 1.78. The minimum atomic E-state index is -0.963. The molecule has 0 aliphatic rings. The summed E-state index contributed by atoms with van der Waals surface area (Å²) in [5.74, 6) is -0.238. The number of ether oxygens (including phenoxy) is 1. The third-order valence-corrected chi connectivity index (χ3v) is 2.53. The first-order chi connectivity index (χ1) is 9.68. The summed E-state index contributed by atoms with van der Waals surface area (Å²) in [4.78, 5) is 22.5. The number of hydrogen-bond acceptors (Lipinski definition) is 3. The highest BCUT2D eigenvalue weighted by Gasteiger charge is 2.23. The molecule has 0 spiro atoms. The predicted octanol–water partition coefficient (Wildman–Crippen LogP) is 2.85. The molecule has 0 aliphatic carbocycles. The Labute approximate surface area is 124 Å². The maximum Gasteiger partial charge on any atom is 0.319 e. The van der Waals surface area contributed by atoms with Crippen LogP contribution < -0.4 is 15.4 Å². The summed E-state index contributed by atoms with van der Waals surface area (Å²) in [5, 5.41) is 14.0. The van der Waals surface area contributed by atoms with Crippen molar-refractivity contribution < 1.29 is 19.4 Å². The highest BCUT2D eigenvalue weighted by molar-refractivity contribution is 5.90. The zero-order chi connectivity index (χ0) is 16.0. The summed E-state index contributed by atoms with van der Waals surface area (Å²) in [6, 6.07) is 6.53. The topological polar surface area (TPSA) is 87.7 Å². The maximum absolute atomic E-state index is 11.8. The van der Waals surface area contributed by atoms with Gasteiger partial charge in [-0.05, 0) is 52.0 Å². The van der Waals surface area contributed by atoms with Crippen molar-refractivity contribution in [3.8, 4) is 5.75 Å². The van der Waals surface area contributed by atoms with Gasteiger partial charge in [-0.3, -0.25) is 4.79 Å². The smallest absolute Gasteiger partial charge is 0.319 e. The van der Waals surface area contributed by atoms with E-state index in [9.17, 15) is 9.59 Å². The zero-order valence-electron chi connectivity index (χ0n) is 12.8. The highest BCUT2D eigenvalue weighted by Crippen LogP contribution is 2.17. The average molecular weight is 294 g/mol. The van der Waals surface area contributed by atoms with E-state index in [-0.39, 0.29) is 12.5 Å². The molecule has 1 aromatic rings. The molecule has 1 aromatic carbocycles. The van der Waals surface area contributed by atoms with Crippen LogP contribution in [0.3, 0.4) is 0 Å². The van der Waals surface area contributed by atoms with E-state index in [2.05, 4.69) is 10.6 Å². The molecule has 3 N–H and O–H groups in total. The lowest BCUT2D eigenvalue weighted by molar-refractivity contribution is -0.138. The number of carboxylic acids is 1. The molecule has 21 heavy (non-hydrogen) atoms. The quantitative estimate of drug-likeness (QED) is 0.753. The minimum absolute atomic E-state index is 0.0870. The van der Waals surface area contributed by atoms with E-state index in [4.69, 9.17) is 9.84 Å². The molecule has 6 heteroatoms. The van der Waals surface area contributed by atoms with Gasteiger partial charge in [0.2, 0.25) is 0 Å². The van der Waals surface area contributed by atoms with Crippen molar-refractivity contribution in [2.24, 2.45) is 0 Å². The third kappa shape index (κ3) is 6.65. The first-order valence-corrected chi connectivity index (χ1v) is 6.75. The molecule has 0 atom stereocenters. The second-order valence-corrected chi connectivity index (χ2v) is 5.72. The van der Waals surface area contributed by atoms with E-state index < -0.39 is 17.5 Å². The number of hydrogen-bond donors (Lipinski definition) is 3. The monoisotopic (exact) mass is 294 g/mol. The van der Waals surface area contributed by atoms with Crippen LogP contribution in [0.5, 0.6) is 5.75 Å². The van der Waals surface area contributed by atoms with E-state index in [0.717, 1.165) is 5.75 Å². The predicted molar refractivity (Wildman–Crippen MR) is 80.7 cm³/mol. The fraction of sp³-hybridized carbons (Fsp3) is 0.467. The van der Waals surface area contributed by atoms with Crippen LogP contribution in [0.25, 0.3) is 0 Å². The third-order valence-electron chi connectivity index (χ3n) is 2.53. The van der Waals surface area contributed by atoms with E-state index >= 15 is 0 Å². The van der Waals surface area contributed by atoms with Gasteiger partial charge in [0.15, 0.2) is 0 Å². The highest BCUT2D eigenvalue weighted by atomic mass is 16.5. The summed E-state index contributed by atoms with van der Waals surface area (Å²) in [7, 11) is 0. The van der Waals surface area contributed by atoms with Gasteiger partial charge < -0.3 is 20.5 Å². The molecule has 0 saturated heterocycles. The second kappa shape index (κ2) is 6.97. The summed E-state index contributed by atoms with van der Waals surface area (Å²) in [6.45, 7) is 7.18. The number of amides is 2. The Morgan fingerprint density at radius 3 is 2.29 bits per heavy atom. The number of carbonyl (C=O) groups excluding carboxylic acids is 1. The van der Waals surface area contributed by atoms with Crippen molar-refractivity contribution in [2.45, 2.75) is 45.8 Å². The number of nitrogens with one attached hydrogen (secondary N) is 2. The Hall–Kier alpha value is -2.24. The first kappa shape index (κ1) is 16.8. The van der Waals surface area contributed by atoms with E-state index in [1.54, 1.807) is 38.1 Å². The average Bonchev–Trinajstić information content (AvgIpc) is 2.28. The van der Waals surface area contributed by atoms with Gasteiger partial charge in [-0.2, -0.15) is 0 Å². The van der Waals surface area contributed by atoms with Crippen molar-refractivity contribution in [3.05, 3.63) is 24.3 Å². The van der Waals surface area contributed by atoms with E-state index in [1.165, 1.54) is 0 Å². The summed E-state index contributed by atoms with van der Waals surface area (Å²) in [5.41, 5.74) is -0.217. The van der Waals surface area contributed by atoms with Gasteiger partial charge in [0.25, 0.3) is 0 Å². The molecule has 0 heterocycles. The normalized spacial score (nSPS) is 11.1. The van der Waals surface area contributed by atoms with Crippen LogP contribution >= 0.6 is 0 Å². The number of benzene rings is 1. The molecule has 0 aromatic heterocycles. The Bertz CT molecular complexity index is 495. The lowest BCUT2D eigenvalue weighted by Gasteiger charge is -2.24. The summed E-state index contributed by atoms with van der Waals surface area (Å²) in [6.07, 6.45) is -0.0642. The molecule has 6 nitrogen and oxygen atoms in total. The molecule has 0 bridgehead atoms. The molecule has 1 rings (SSSR count). The van der Waals surface area contributed by atoms with Gasteiger partial charge >= 0.3 is 12.0 Å². The Morgan fingerprint density at radius 1 is 1.24 bits per heavy atom. The van der Waals surface area contributed by atoms with Crippen LogP contribution in [0.15, 0.2) is 24.3 Å². The number of rotatable bonds is 6. The van der Waals surface area contributed by atoms with Crippen LogP contribution in [-0.2, 0) is 4.79 Å². The van der Waals surface area contributed by atoms with Gasteiger partial charge in [-0.25, -0.2) is 4.79 Å². The van der Waals surface area contributed by atoms with Crippen LogP contribution in [0.2, 0.25) is 0 Å². The van der Waals surface area contributed by atoms with Crippen molar-refractivity contribution in [3.63, 3.8) is 0 Å². The number of aliphatic carboxylic acids is 1. The second-order valence-electron chi connectivity index (χ2n) is 5.72. The Balaban J connectivity index is 2.56. The standard InChI is InChI=1S/C15H22N2O4/c1-10(2)21-12-7-5-11(6-8-12)16-14(20)17-15(3,4)9-13(18)19/h5-8,10H,9H2,1-4H3,(H,18,19)(H2,16,17,20). The van der Waals surface area contributed by atoms with Gasteiger partial charge in [0.1, 0.15) is 5.75 Å². The van der Waals surface area contributed by atoms with E-state index in [0.29, 0.717) is 5.69 Å². The van der Waals surface area contributed by atoms with Gasteiger partial charge in [0, 0.05) is 11.2 Å². The maximum atomic E-state index is 11.8. The zero-order valence-corrected chi connectivity index (χ0v) is 12.8. The Kier molecular flexibility index (Phi) is 5.58. The van der Waals surface area contributed by atoms with Crippen LogP contribution in [0, 0.1) is 0 Å². The Morgan fingerprint density at radius 2 is 1.81 bits per heavy atom. The number of carboxylic acid groups (broad SMARTS) is 1. The van der Waals surface area contributed by atoms with Gasteiger partial charge in [-0.1, -0.05) is 0 Å². The van der Waals surface area contributed by atoms with Crippen molar-refractivity contribution in [1.82, 2.24) is 5.32 Å². The largest absolute Gasteiger partial charge is 0.491 e. The van der Waals surface area contributed by atoms with Crippen LogP contribution in [-0.4, -0.2) is 28.7 Å². The lowest BCUT2D eigenvalue weighted by atomic mass is 10.0. The van der Waals surface area contributed by atoms with Gasteiger partial charge in [-0.15, -0.1) is 0 Å². The summed E-state index contributed by atoms with van der Waals surface area (Å²) >= 11 is 0. The molecule has 0 unspecified atom stereocenters. The van der Waals surface area contributed by atoms with Crippen molar-refractivity contribution in [1.29, 1.82) is 0 Å². The lowest BCUT2D eigenvalue weighted by Crippen LogP contribution is -2.46. The molecular weight excluding hydrogens is 272 g/mol. The van der Waals surface area contributed by atoms with E-state index in [1.807, 2.05) is 13.8 Å². The molecule has 0 saturated carbocycles. The van der Waals surface area contributed by atoms with Crippen molar-refractivity contribution >= 4 is 17.7 Å². The van der Waals surface area contributed by atoms with Crippen molar-refractivity contribution in [2.75, 3.05) is 5.32 Å². The fourth-order valence-electron chi connectivity index (χ4n) is 1.78. The molecule has 0 aliphatic heterocycles. The SMILES string of the molecule is CC(C)Oc1ccc(NC(=O)NC(C)(C)CC(=O)O)cc1.